The zero-order valence-corrected chi connectivity index (χ0v) is 19.7. The van der Waals surface area contributed by atoms with Crippen molar-refractivity contribution in [1.29, 1.82) is 0 Å². The first-order chi connectivity index (χ1) is 15.8. The van der Waals surface area contributed by atoms with Crippen LogP contribution in [0.3, 0.4) is 0 Å². The van der Waals surface area contributed by atoms with Crippen LogP contribution in [0, 0.1) is 0 Å². The van der Waals surface area contributed by atoms with E-state index in [0.717, 1.165) is 11.3 Å². The highest BCUT2D eigenvalue weighted by molar-refractivity contribution is 8.14. The molecule has 3 aliphatic rings. The van der Waals surface area contributed by atoms with Crippen molar-refractivity contribution in [2.24, 2.45) is 10.3 Å². The van der Waals surface area contributed by atoms with Gasteiger partial charge in [0.05, 0.1) is 0 Å². The van der Waals surface area contributed by atoms with Crippen LogP contribution in [-0.2, 0) is 19.2 Å². The van der Waals surface area contributed by atoms with Crippen molar-refractivity contribution in [3.63, 3.8) is 0 Å². The molecule has 0 radical (unpaired) electrons. The average Bonchev–Trinajstić information content (AvgIpc) is 3.40. The Balaban J connectivity index is 1.48. The second kappa shape index (κ2) is 9.46. The van der Waals surface area contributed by atoms with E-state index in [1.165, 1.54) is 35.5 Å². The molecule has 0 spiro atoms. The molecule has 2 atom stereocenters. The second-order valence-corrected chi connectivity index (χ2v) is 9.71. The summed E-state index contributed by atoms with van der Waals surface area (Å²) in [7, 11) is 3.04. The van der Waals surface area contributed by atoms with Gasteiger partial charge in [-0.25, -0.2) is 15.3 Å². The van der Waals surface area contributed by atoms with E-state index in [-0.39, 0.29) is 22.2 Å². The Labute approximate surface area is 199 Å². The predicted molar refractivity (Wildman–Crippen MR) is 124 cm³/mol. The number of β-lactam (4-membered cyclic amide) rings is 1. The van der Waals surface area contributed by atoms with E-state index in [9.17, 15) is 19.5 Å². The zero-order chi connectivity index (χ0) is 23.7. The number of hydrazine groups is 2. The molecule has 3 aliphatic heterocycles. The highest BCUT2D eigenvalue weighted by Gasteiger charge is 2.54. The van der Waals surface area contributed by atoms with Crippen molar-refractivity contribution >= 4 is 68.7 Å². The summed E-state index contributed by atoms with van der Waals surface area (Å²) in [5.74, 6) is -1.68. The van der Waals surface area contributed by atoms with Crippen molar-refractivity contribution < 1.29 is 24.3 Å². The van der Waals surface area contributed by atoms with Crippen LogP contribution >= 0.6 is 34.9 Å². The molecule has 4 heterocycles. The van der Waals surface area contributed by atoms with Gasteiger partial charge in [-0.05, 0) is 5.57 Å². The number of oxime groups is 1. The summed E-state index contributed by atoms with van der Waals surface area (Å²) in [5, 5.41) is 23.7. The van der Waals surface area contributed by atoms with Crippen molar-refractivity contribution in [3.8, 4) is 0 Å². The summed E-state index contributed by atoms with van der Waals surface area (Å²) < 4.78 is 0. The van der Waals surface area contributed by atoms with Crippen molar-refractivity contribution in [2.45, 2.75) is 11.4 Å². The number of thioether (sulfide) groups is 2. The average molecular weight is 514 g/mol. The van der Waals surface area contributed by atoms with E-state index in [4.69, 9.17) is 10.6 Å². The van der Waals surface area contributed by atoms with Crippen molar-refractivity contribution in [1.82, 2.24) is 31.3 Å². The van der Waals surface area contributed by atoms with Crippen LogP contribution in [-0.4, -0.2) is 85.7 Å². The monoisotopic (exact) mass is 513 g/mol. The summed E-state index contributed by atoms with van der Waals surface area (Å²) in [5.41, 5.74) is 11.6. The van der Waals surface area contributed by atoms with E-state index in [1.54, 1.807) is 17.4 Å². The van der Waals surface area contributed by atoms with Crippen LogP contribution in [0.1, 0.15) is 5.69 Å². The maximum absolute atomic E-state index is 12.9. The van der Waals surface area contributed by atoms with Gasteiger partial charge < -0.3 is 21.0 Å². The molecule has 0 bridgehead atoms. The zero-order valence-electron chi connectivity index (χ0n) is 17.3. The number of carbonyl (C=O) groups is 3. The van der Waals surface area contributed by atoms with Gasteiger partial charge in [0, 0.05) is 23.9 Å². The lowest BCUT2D eigenvalue weighted by atomic mass is 10.0. The molecule has 4 rings (SSSR count). The summed E-state index contributed by atoms with van der Waals surface area (Å²) in [6, 6.07) is -0.914. The number of aromatic nitrogens is 1. The number of anilines is 1. The van der Waals surface area contributed by atoms with Crippen molar-refractivity contribution in [2.75, 3.05) is 31.4 Å². The normalized spacial score (nSPS) is 22.4. The molecular formula is C16H19N9O5S3. The largest absolute Gasteiger partial charge is 0.477 e. The number of nitrogens with two attached hydrogens (primary N) is 1. The minimum atomic E-state index is -1.20. The quantitative estimate of drug-likeness (QED) is 0.166. The molecule has 6 N–H and O–H groups in total. The van der Waals surface area contributed by atoms with Crippen LogP contribution in [0.25, 0.3) is 0 Å². The van der Waals surface area contributed by atoms with Gasteiger partial charge in [-0.15, -0.1) is 33.7 Å². The highest BCUT2D eigenvalue weighted by atomic mass is 32.2. The third kappa shape index (κ3) is 4.43. The number of carbonyl (C=O) groups excluding carboxylic acids is 2. The number of carboxylic acids is 1. The Hall–Kier alpha value is -3.02. The van der Waals surface area contributed by atoms with E-state index >= 15 is 0 Å². The molecule has 1 aromatic heterocycles. The fraction of sp³-hybridized carbons (Fsp3) is 0.375. The molecule has 0 aromatic carbocycles. The van der Waals surface area contributed by atoms with Gasteiger partial charge in [0.25, 0.3) is 11.8 Å². The molecule has 0 aliphatic carbocycles. The Kier molecular flexibility index (Phi) is 6.63. The number of amides is 2. The fourth-order valence-electron chi connectivity index (χ4n) is 3.25. The summed E-state index contributed by atoms with van der Waals surface area (Å²) >= 11 is 3.83. The number of aliphatic carboxylic acids is 1. The van der Waals surface area contributed by atoms with Crippen LogP contribution in [0.5, 0.6) is 0 Å². The first-order valence-corrected chi connectivity index (χ1v) is 12.2. The molecule has 0 saturated carbocycles. The van der Waals surface area contributed by atoms with Crippen LogP contribution in [0.4, 0.5) is 5.13 Å². The molecule has 176 valence electrons. The number of nitrogen functional groups attached to an aromatic ring is 1. The fourth-order valence-corrected chi connectivity index (χ4v) is 6.16. The Morgan fingerprint density at radius 1 is 1.52 bits per heavy atom. The summed E-state index contributed by atoms with van der Waals surface area (Å²) in [6.07, 6.45) is 0. The van der Waals surface area contributed by atoms with Crippen LogP contribution < -0.4 is 22.1 Å². The van der Waals surface area contributed by atoms with E-state index in [2.05, 4.69) is 31.6 Å². The molecular weight excluding hydrogens is 494 g/mol. The van der Waals surface area contributed by atoms with E-state index < -0.39 is 29.2 Å². The number of amidine groups is 1. The molecule has 2 unspecified atom stereocenters. The van der Waals surface area contributed by atoms with Crippen molar-refractivity contribution in [3.05, 3.63) is 22.3 Å². The third-order valence-electron chi connectivity index (χ3n) is 4.73. The lowest BCUT2D eigenvalue weighted by Crippen LogP contribution is -2.71. The number of nitrogens with one attached hydrogen (secondary N) is 3. The minimum Gasteiger partial charge on any atom is -0.477 e. The van der Waals surface area contributed by atoms with Crippen LogP contribution in [0.15, 0.2) is 26.9 Å². The first kappa shape index (κ1) is 23.1. The maximum atomic E-state index is 12.9. The number of carboxylic acid groups (broad SMARTS) is 1. The van der Waals surface area contributed by atoms with E-state index in [0.29, 0.717) is 22.2 Å². The molecule has 17 heteroatoms. The Bertz CT molecular complexity index is 1090. The standard InChI is InChI=1S/C16H19N9O5S3/c1-24-16(20-22-23-24)33-4-6-3-31-13-9(12(27)25(13)10(6)14(28)29)19-11(26)8(21-30-2)7-5-32-15(17)18-7/h5,9,13,22-23H,3-4H2,1-2H3,(H2,17,18)(H,19,26)(H,28,29). The van der Waals surface area contributed by atoms with Gasteiger partial charge in [-0.1, -0.05) is 16.9 Å². The minimum absolute atomic E-state index is 0.0676. The number of nitrogens with zero attached hydrogens (tertiary/aromatic N) is 5. The maximum Gasteiger partial charge on any atom is 0.352 e. The Morgan fingerprint density at radius 2 is 2.30 bits per heavy atom. The molecule has 14 nitrogen and oxygen atoms in total. The number of hydrogen-bond acceptors (Lipinski definition) is 14. The highest BCUT2D eigenvalue weighted by Crippen LogP contribution is 2.41. The van der Waals surface area contributed by atoms with E-state index in [1.807, 2.05) is 0 Å². The number of rotatable bonds is 7. The molecule has 1 aromatic rings. The topological polar surface area (TPSA) is 187 Å². The van der Waals surface area contributed by atoms with Gasteiger partial charge in [0.15, 0.2) is 16.0 Å². The molecule has 1 saturated heterocycles. The lowest BCUT2D eigenvalue weighted by Gasteiger charge is -2.49. The second-order valence-electron chi connectivity index (χ2n) is 6.78. The summed E-state index contributed by atoms with van der Waals surface area (Å²) in [4.78, 5) is 47.6. The lowest BCUT2D eigenvalue weighted by molar-refractivity contribution is -0.150. The number of fused-ring (bicyclic) bond motifs is 1. The van der Waals surface area contributed by atoms with Gasteiger partial charge in [0.2, 0.25) is 0 Å². The molecule has 1 fully saturated rings. The smallest absolute Gasteiger partial charge is 0.352 e. The molecule has 33 heavy (non-hydrogen) atoms. The number of hydrazone groups is 1. The number of hydrogen-bond donors (Lipinski definition) is 5. The van der Waals surface area contributed by atoms with Crippen LogP contribution in [0.2, 0.25) is 0 Å². The Morgan fingerprint density at radius 3 is 2.91 bits per heavy atom. The van der Waals surface area contributed by atoms with Gasteiger partial charge in [-0.2, -0.15) is 0 Å². The predicted octanol–water partition coefficient (Wildman–Crippen LogP) is -1.23. The van der Waals surface area contributed by atoms with Gasteiger partial charge in [-0.3, -0.25) is 19.5 Å². The summed E-state index contributed by atoms with van der Waals surface area (Å²) in [6.45, 7) is 0. The van der Waals surface area contributed by atoms with Gasteiger partial charge in [0.1, 0.15) is 29.9 Å². The number of thiazole rings is 1. The third-order valence-corrected chi connectivity index (χ3v) is 7.86. The SMILES string of the molecule is CON=C(C(=O)NC1C(=O)N2C(C(=O)O)=C(CSC3=NNNN3C)CSC12)c1csc(N)n1. The molecule has 2 amide bonds. The first-order valence-electron chi connectivity index (χ1n) is 9.30. The van der Waals surface area contributed by atoms with Gasteiger partial charge >= 0.3 is 5.97 Å².